The highest BCUT2D eigenvalue weighted by Crippen LogP contribution is 2.30. The van der Waals surface area contributed by atoms with Gasteiger partial charge in [0.05, 0.1) is 13.2 Å². The lowest BCUT2D eigenvalue weighted by Gasteiger charge is -2.26. The maximum Gasteiger partial charge on any atom is 0.124 e. The van der Waals surface area contributed by atoms with Crippen LogP contribution in [0.5, 0.6) is 5.75 Å². The second kappa shape index (κ2) is 6.57. The Kier molecular flexibility index (Phi) is 4.79. The number of hydrogen-bond donors (Lipinski definition) is 1. The minimum absolute atomic E-state index is 0.0314. The molecule has 0 fully saturated rings. The minimum Gasteiger partial charge on any atom is -0.496 e. The topological polar surface area (TPSA) is 53.1 Å². The highest BCUT2D eigenvalue weighted by molar-refractivity contribution is 5.37. The Bertz CT molecular complexity index is 548. The zero-order valence-electron chi connectivity index (χ0n) is 12.4. The molecule has 0 bridgehead atoms. The quantitative estimate of drug-likeness (QED) is 0.880. The summed E-state index contributed by atoms with van der Waals surface area (Å²) in [6, 6.07) is 8.04. The van der Waals surface area contributed by atoms with E-state index in [1.54, 1.807) is 7.11 Å². The summed E-state index contributed by atoms with van der Waals surface area (Å²) in [5.41, 5.74) is 7.34. The van der Waals surface area contributed by atoms with Gasteiger partial charge in [-0.3, -0.25) is 0 Å². The fourth-order valence-electron chi connectivity index (χ4n) is 2.61. The van der Waals surface area contributed by atoms with Gasteiger partial charge in [0.1, 0.15) is 11.6 Å². The molecule has 1 aromatic heterocycles. The molecule has 0 radical (unpaired) electrons. The summed E-state index contributed by atoms with van der Waals surface area (Å²) in [5.74, 6) is 1.94. The molecule has 108 valence electrons. The minimum atomic E-state index is -0.0314. The van der Waals surface area contributed by atoms with E-state index in [4.69, 9.17) is 10.5 Å². The second-order valence-electron chi connectivity index (χ2n) is 5.05. The summed E-state index contributed by atoms with van der Waals surface area (Å²) in [6.45, 7) is 4.18. The van der Waals surface area contributed by atoms with Gasteiger partial charge in [0.25, 0.3) is 0 Å². The normalized spacial score (nSPS) is 14.0. The first kappa shape index (κ1) is 14.6. The highest BCUT2D eigenvalue weighted by Gasteiger charge is 2.23. The van der Waals surface area contributed by atoms with Gasteiger partial charge in [0.2, 0.25) is 0 Å². The molecule has 2 rings (SSSR count). The summed E-state index contributed by atoms with van der Waals surface area (Å²) in [5, 5.41) is 0. The van der Waals surface area contributed by atoms with Gasteiger partial charge >= 0.3 is 0 Å². The summed E-state index contributed by atoms with van der Waals surface area (Å²) < 4.78 is 7.66. The Balaban J connectivity index is 2.48. The molecule has 2 N–H and O–H groups in total. The fraction of sp³-hybridized carbons (Fsp3) is 0.438. The van der Waals surface area contributed by atoms with E-state index in [2.05, 4.69) is 22.5 Å². The number of benzene rings is 1. The van der Waals surface area contributed by atoms with E-state index in [0.29, 0.717) is 0 Å². The predicted octanol–water partition coefficient (Wildman–Crippen LogP) is 2.78. The molecule has 0 spiro atoms. The molecule has 2 aromatic rings. The zero-order chi connectivity index (χ0) is 14.5. The van der Waals surface area contributed by atoms with Gasteiger partial charge in [-0.05, 0) is 19.4 Å². The smallest absolute Gasteiger partial charge is 0.124 e. The van der Waals surface area contributed by atoms with Crippen molar-refractivity contribution in [3.63, 3.8) is 0 Å². The van der Waals surface area contributed by atoms with Crippen LogP contribution in [-0.4, -0.2) is 22.7 Å². The number of para-hydroxylation sites is 1. The summed E-state index contributed by atoms with van der Waals surface area (Å²) in [6.07, 6.45) is 5.86. The van der Waals surface area contributed by atoms with Crippen molar-refractivity contribution in [3.8, 4) is 5.75 Å². The van der Waals surface area contributed by atoms with Crippen LogP contribution in [0.3, 0.4) is 0 Å². The largest absolute Gasteiger partial charge is 0.496 e. The van der Waals surface area contributed by atoms with Crippen LogP contribution < -0.4 is 10.5 Å². The predicted molar refractivity (Wildman–Crippen MR) is 81.0 cm³/mol. The van der Waals surface area contributed by atoms with Crippen molar-refractivity contribution in [1.29, 1.82) is 0 Å². The van der Waals surface area contributed by atoms with Gasteiger partial charge < -0.3 is 15.0 Å². The number of rotatable bonds is 6. The fourth-order valence-corrected chi connectivity index (χ4v) is 2.61. The number of aromatic nitrogens is 2. The maximum atomic E-state index is 6.24. The van der Waals surface area contributed by atoms with Crippen molar-refractivity contribution in [2.75, 3.05) is 7.11 Å². The third kappa shape index (κ3) is 2.85. The molecule has 0 aliphatic carbocycles. The Labute approximate surface area is 120 Å². The Morgan fingerprint density at radius 1 is 1.35 bits per heavy atom. The standard InChI is InChI=1S/C16H23N3O/c1-4-7-15-18-10-11-19(15)16(12(2)17)13-8-5-6-9-14(13)20-3/h5-6,8-12,16H,4,7,17H2,1-3H3. The Hall–Kier alpha value is -1.81. The van der Waals surface area contributed by atoms with Gasteiger partial charge in [0, 0.05) is 30.4 Å². The van der Waals surface area contributed by atoms with Crippen molar-refractivity contribution in [3.05, 3.63) is 48.0 Å². The van der Waals surface area contributed by atoms with Crippen molar-refractivity contribution < 1.29 is 4.74 Å². The molecule has 0 aliphatic rings. The van der Waals surface area contributed by atoms with Crippen molar-refractivity contribution in [1.82, 2.24) is 9.55 Å². The van der Waals surface area contributed by atoms with E-state index in [0.717, 1.165) is 30.0 Å². The number of ether oxygens (including phenoxy) is 1. The number of aryl methyl sites for hydroxylation is 1. The first-order valence-corrected chi connectivity index (χ1v) is 7.09. The first-order valence-electron chi connectivity index (χ1n) is 7.09. The van der Waals surface area contributed by atoms with E-state index in [9.17, 15) is 0 Å². The SMILES string of the molecule is CCCc1nccn1C(c1ccccc1OC)C(C)N. The van der Waals surface area contributed by atoms with Crippen molar-refractivity contribution in [2.24, 2.45) is 5.73 Å². The average molecular weight is 273 g/mol. The van der Waals surface area contributed by atoms with Crippen LogP contribution >= 0.6 is 0 Å². The average Bonchev–Trinajstić information content (AvgIpc) is 2.88. The monoisotopic (exact) mass is 273 g/mol. The molecule has 20 heavy (non-hydrogen) atoms. The van der Waals surface area contributed by atoms with Crippen molar-refractivity contribution in [2.45, 2.75) is 38.8 Å². The lowest BCUT2D eigenvalue weighted by Crippen LogP contribution is -2.31. The van der Waals surface area contributed by atoms with Gasteiger partial charge in [0.15, 0.2) is 0 Å². The van der Waals surface area contributed by atoms with Crippen LogP contribution in [0.25, 0.3) is 0 Å². The van der Waals surface area contributed by atoms with E-state index in [1.165, 1.54) is 0 Å². The molecule has 1 aromatic carbocycles. The Morgan fingerprint density at radius 2 is 2.10 bits per heavy atom. The molecular formula is C16H23N3O. The molecule has 1 heterocycles. The molecule has 4 nitrogen and oxygen atoms in total. The van der Waals surface area contributed by atoms with E-state index in [1.807, 2.05) is 37.5 Å². The number of methoxy groups -OCH3 is 1. The van der Waals surface area contributed by atoms with Crippen molar-refractivity contribution >= 4 is 0 Å². The summed E-state index contributed by atoms with van der Waals surface area (Å²) in [7, 11) is 1.69. The molecule has 0 saturated carbocycles. The molecule has 0 aliphatic heterocycles. The highest BCUT2D eigenvalue weighted by atomic mass is 16.5. The van der Waals surface area contributed by atoms with Crippen LogP contribution in [0.2, 0.25) is 0 Å². The van der Waals surface area contributed by atoms with Crippen LogP contribution in [-0.2, 0) is 6.42 Å². The van der Waals surface area contributed by atoms with E-state index in [-0.39, 0.29) is 12.1 Å². The number of nitrogens with zero attached hydrogens (tertiary/aromatic N) is 2. The first-order chi connectivity index (χ1) is 9.69. The van der Waals surface area contributed by atoms with Gasteiger partial charge in [-0.15, -0.1) is 0 Å². The maximum absolute atomic E-state index is 6.24. The van der Waals surface area contributed by atoms with Crippen LogP contribution in [0.15, 0.2) is 36.7 Å². The molecule has 4 heteroatoms. The molecule has 2 atom stereocenters. The summed E-state index contributed by atoms with van der Waals surface area (Å²) in [4.78, 5) is 4.46. The number of imidazole rings is 1. The molecule has 0 saturated heterocycles. The third-order valence-electron chi connectivity index (χ3n) is 3.48. The Morgan fingerprint density at radius 3 is 2.75 bits per heavy atom. The number of nitrogens with two attached hydrogens (primary N) is 1. The molecular weight excluding hydrogens is 250 g/mol. The summed E-state index contributed by atoms with van der Waals surface area (Å²) >= 11 is 0. The lowest BCUT2D eigenvalue weighted by atomic mass is 9.99. The van der Waals surface area contributed by atoms with Gasteiger partial charge in [-0.2, -0.15) is 0 Å². The van der Waals surface area contributed by atoms with Gasteiger partial charge in [-0.25, -0.2) is 4.98 Å². The van der Waals surface area contributed by atoms with Crippen LogP contribution in [0.1, 0.15) is 37.7 Å². The lowest BCUT2D eigenvalue weighted by molar-refractivity contribution is 0.391. The molecule has 2 unspecified atom stereocenters. The van der Waals surface area contributed by atoms with Crippen LogP contribution in [0, 0.1) is 0 Å². The van der Waals surface area contributed by atoms with Crippen LogP contribution in [0.4, 0.5) is 0 Å². The van der Waals surface area contributed by atoms with Gasteiger partial charge in [-0.1, -0.05) is 25.1 Å². The second-order valence-corrected chi connectivity index (χ2v) is 5.05. The zero-order valence-corrected chi connectivity index (χ0v) is 12.4. The van der Waals surface area contributed by atoms with E-state index >= 15 is 0 Å². The van der Waals surface area contributed by atoms with E-state index < -0.39 is 0 Å². The third-order valence-corrected chi connectivity index (χ3v) is 3.48. The number of hydrogen-bond acceptors (Lipinski definition) is 3. The molecule has 0 amide bonds.